The van der Waals surface area contributed by atoms with Crippen LogP contribution in [0.3, 0.4) is 0 Å². The first-order valence-corrected chi connectivity index (χ1v) is 10.0. The highest BCUT2D eigenvalue weighted by Gasteiger charge is 2.14. The van der Waals surface area contributed by atoms with Crippen molar-refractivity contribution in [3.05, 3.63) is 46.3 Å². The van der Waals surface area contributed by atoms with Crippen LogP contribution in [0.25, 0.3) is 22.3 Å². The molecule has 0 bridgehead atoms. The minimum absolute atomic E-state index is 0.0890. The lowest BCUT2D eigenvalue weighted by Gasteiger charge is -2.03. The van der Waals surface area contributed by atoms with Crippen molar-refractivity contribution >= 4 is 45.0 Å². The van der Waals surface area contributed by atoms with E-state index in [9.17, 15) is 4.79 Å². The fourth-order valence-corrected chi connectivity index (χ4v) is 3.95. The maximum Gasteiger partial charge on any atom is 0.226 e. The van der Waals surface area contributed by atoms with Gasteiger partial charge in [-0.2, -0.15) is 5.10 Å². The number of aryl methyl sites for hydroxylation is 3. The van der Waals surface area contributed by atoms with E-state index in [1.807, 2.05) is 49.2 Å². The topological polar surface area (TPSA) is 77.6 Å². The van der Waals surface area contributed by atoms with Gasteiger partial charge < -0.3 is 9.88 Å². The minimum Gasteiger partial charge on any atom is -0.331 e. The molecule has 28 heavy (non-hydrogen) atoms. The number of nitrogens with one attached hydrogen (secondary N) is 1. The van der Waals surface area contributed by atoms with Gasteiger partial charge in [0.2, 0.25) is 5.91 Å². The molecule has 0 aliphatic rings. The van der Waals surface area contributed by atoms with Crippen LogP contribution in [0.5, 0.6) is 0 Å². The molecule has 3 heterocycles. The van der Waals surface area contributed by atoms with Gasteiger partial charge in [0.25, 0.3) is 0 Å². The van der Waals surface area contributed by atoms with E-state index in [4.69, 9.17) is 11.6 Å². The van der Waals surface area contributed by atoms with Crippen LogP contribution in [0, 0.1) is 6.92 Å². The normalized spacial score (nSPS) is 11.3. The van der Waals surface area contributed by atoms with Crippen LogP contribution in [-0.2, 0) is 25.3 Å². The maximum absolute atomic E-state index is 12.4. The summed E-state index contributed by atoms with van der Waals surface area (Å²) in [5.74, 6) is 0.757. The van der Waals surface area contributed by atoms with Crippen molar-refractivity contribution in [2.45, 2.75) is 19.8 Å². The second-order valence-electron chi connectivity index (χ2n) is 6.57. The van der Waals surface area contributed by atoms with Gasteiger partial charge >= 0.3 is 0 Å². The number of rotatable bonds is 5. The van der Waals surface area contributed by atoms with Gasteiger partial charge in [-0.25, -0.2) is 9.97 Å². The lowest BCUT2D eigenvalue weighted by atomic mass is 10.2. The Kier molecular flexibility index (Phi) is 4.91. The highest BCUT2D eigenvalue weighted by atomic mass is 35.5. The minimum atomic E-state index is -0.0890. The third-order valence-electron chi connectivity index (χ3n) is 4.77. The molecule has 4 aromatic rings. The molecule has 7 nitrogen and oxygen atoms in total. The van der Waals surface area contributed by atoms with Crippen molar-refractivity contribution in [1.82, 2.24) is 24.3 Å². The predicted octanol–water partition coefficient (Wildman–Crippen LogP) is 3.96. The Hall–Kier alpha value is -2.71. The molecule has 0 saturated carbocycles. The fraction of sp³-hybridized carbons (Fsp3) is 0.263. The van der Waals surface area contributed by atoms with Gasteiger partial charge in [-0.05, 0) is 25.1 Å². The van der Waals surface area contributed by atoms with Crippen molar-refractivity contribution in [3.8, 4) is 11.3 Å². The predicted molar refractivity (Wildman–Crippen MR) is 112 cm³/mol. The Bertz CT molecular complexity index is 1170. The number of hydrogen-bond donors (Lipinski definition) is 1. The molecule has 0 unspecified atom stereocenters. The summed E-state index contributed by atoms with van der Waals surface area (Å²) >= 11 is 7.44. The lowest BCUT2D eigenvalue weighted by Crippen LogP contribution is -2.13. The summed E-state index contributed by atoms with van der Waals surface area (Å²) in [6.07, 6.45) is 2.65. The van der Waals surface area contributed by atoms with Crippen LogP contribution < -0.4 is 5.32 Å². The summed E-state index contributed by atoms with van der Waals surface area (Å²) in [6.45, 7) is 1.99. The average Bonchev–Trinajstić information content (AvgIpc) is 3.33. The molecular formula is C19H19ClN6OS. The molecule has 0 spiro atoms. The lowest BCUT2D eigenvalue weighted by molar-refractivity contribution is -0.116. The van der Waals surface area contributed by atoms with Crippen molar-refractivity contribution in [1.29, 1.82) is 0 Å². The second-order valence-corrected chi connectivity index (χ2v) is 7.87. The van der Waals surface area contributed by atoms with Gasteiger partial charge in [-0.15, -0.1) is 11.3 Å². The SMILES string of the molecule is Cc1c(-c2csc(NC(=O)CCc3nc4cc(Cl)ccc4n3C)n2)cnn1C. The standard InChI is InChI=1S/C19H19ClN6OS/c1-11-13(9-21-26(11)3)15-10-28-19(23-15)24-18(27)7-6-17-22-14-8-12(20)4-5-16(14)25(17)2/h4-5,8-10H,6-7H2,1-3H3,(H,23,24,27). The van der Waals surface area contributed by atoms with E-state index in [-0.39, 0.29) is 5.91 Å². The first kappa shape index (κ1) is 18.6. The van der Waals surface area contributed by atoms with E-state index in [2.05, 4.69) is 20.4 Å². The molecule has 4 rings (SSSR count). The summed E-state index contributed by atoms with van der Waals surface area (Å²) in [6, 6.07) is 5.61. The maximum atomic E-state index is 12.4. The fourth-order valence-electron chi connectivity index (χ4n) is 3.06. The largest absolute Gasteiger partial charge is 0.331 e. The summed E-state index contributed by atoms with van der Waals surface area (Å²) in [5.41, 5.74) is 4.65. The Morgan fingerprint density at radius 1 is 1.29 bits per heavy atom. The number of thiazole rings is 1. The summed E-state index contributed by atoms with van der Waals surface area (Å²) in [7, 11) is 3.84. The summed E-state index contributed by atoms with van der Waals surface area (Å²) < 4.78 is 3.79. The van der Waals surface area contributed by atoms with E-state index in [0.717, 1.165) is 33.8 Å². The van der Waals surface area contributed by atoms with Gasteiger partial charge in [0, 0.05) is 48.6 Å². The van der Waals surface area contributed by atoms with E-state index in [0.29, 0.717) is 23.0 Å². The first-order valence-electron chi connectivity index (χ1n) is 8.77. The van der Waals surface area contributed by atoms with Crippen LogP contribution in [0.15, 0.2) is 29.8 Å². The van der Waals surface area contributed by atoms with Crippen LogP contribution in [0.1, 0.15) is 17.9 Å². The number of carbonyl (C=O) groups is 1. The zero-order chi connectivity index (χ0) is 19.8. The first-order chi connectivity index (χ1) is 13.4. The number of imidazole rings is 1. The summed E-state index contributed by atoms with van der Waals surface area (Å²) in [4.78, 5) is 21.5. The quantitative estimate of drug-likeness (QED) is 0.536. The van der Waals surface area contributed by atoms with Crippen molar-refractivity contribution < 1.29 is 4.79 Å². The smallest absolute Gasteiger partial charge is 0.226 e. The molecule has 0 saturated heterocycles. The van der Waals surface area contributed by atoms with Crippen molar-refractivity contribution in [3.63, 3.8) is 0 Å². The zero-order valence-corrected chi connectivity index (χ0v) is 17.3. The highest BCUT2D eigenvalue weighted by molar-refractivity contribution is 7.14. The van der Waals surface area contributed by atoms with Gasteiger partial charge in [-0.1, -0.05) is 11.6 Å². The highest BCUT2D eigenvalue weighted by Crippen LogP contribution is 2.27. The third kappa shape index (κ3) is 3.53. The van der Waals surface area contributed by atoms with Gasteiger partial charge in [-0.3, -0.25) is 9.48 Å². The molecule has 1 N–H and O–H groups in total. The van der Waals surface area contributed by atoms with Crippen LogP contribution in [-0.4, -0.2) is 30.2 Å². The van der Waals surface area contributed by atoms with Crippen LogP contribution >= 0.6 is 22.9 Å². The van der Waals surface area contributed by atoms with Gasteiger partial charge in [0.15, 0.2) is 5.13 Å². The Labute approximate surface area is 171 Å². The van der Waals surface area contributed by atoms with Crippen molar-refractivity contribution in [2.75, 3.05) is 5.32 Å². The Morgan fingerprint density at radius 2 is 2.11 bits per heavy atom. The Balaban J connectivity index is 1.41. The number of hydrogen-bond acceptors (Lipinski definition) is 5. The number of carbonyl (C=O) groups excluding carboxylic acids is 1. The molecule has 0 atom stereocenters. The molecule has 1 aromatic carbocycles. The number of nitrogens with zero attached hydrogens (tertiary/aromatic N) is 5. The zero-order valence-electron chi connectivity index (χ0n) is 15.7. The van der Waals surface area contributed by atoms with Crippen molar-refractivity contribution in [2.24, 2.45) is 14.1 Å². The third-order valence-corrected chi connectivity index (χ3v) is 5.77. The molecule has 0 aliphatic heterocycles. The Morgan fingerprint density at radius 3 is 2.86 bits per heavy atom. The van der Waals surface area contributed by atoms with E-state index >= 15 is 0 Å². The van der Waals surface area contributed by atoms with Gasteiger partial charge in [0.05, 0.1) is 22.9 Å². The second kappa shape index (κ2) is 7.37. The van der Waals surface area contributed by atoms with E-state index in [1.54, 1.807) is 10.9 Å². The molecule has 1 amide bonds. The number of benzene rings is 1. The molecule has 3 aromatic heterocycles. The average molecular weight is 415 g/mol. The number of fused-ring (bicyclic) bond motifs is 1. The van der Waals surface area contributed by atoms with E-state index in [1.165, 1.54) is 11.3 Å². The van der Waals surface area contributed by atoms with Gasteiger partial charge in [0.1, 0.15) is 5.82 Å². The number of anilines is 1. The molecule has 9 heteroatoms. The monoisotopic (exact) mass is 414 g/mol. The molecule has 0 fully saturated rings. The number of aromatic nitrogens is 5. The molecule has 0 radical (unpaired) electrons. The molecular weight excluding hydrogens is 396 g/mol. The van der Waals surface area contributed by atoms with E-state index < -0.39 is 0 Å². The number of amides is 1. The molecule has 144 valence electrons. The van der Waals surface area contributed by atoms with Crippen LogP contribution in [0.2, 0.25) is 5.02 Å². The summed E-state index contributed by atoms with van der Waals surface area (Å²) in [5, 5.41) is 10.3. The molecule has 0 aliphatic carbocycles. The number of halogens is 1. The van der Waals surface area contributed by atoms with Crippen LogP contribution in [0.4, 0.5) is 5.13 Å².